The Morgan fingerprint density at radius 1 is 1.00 bits per heavy atom. The molecule has 7 nitrogen and oxygen atoms in total. The Bertz CT molecular complexity index is 1330. The van der Waals surface area contributed by atoms with Gasteiger partial charge in [-0.3, -0.25) is 14.2 Å². The van der Waals surface area contributed by atoms with Crippen LogP contribution in [0.2, 0.25) is 0 Å². The predicted octanol–water partition coefficient (Wildman–Crippen LogP) is 4.46. The quantitative estimate of drug-likeness (QED) is 0.385. The smallest absolute Gasteiger partial charge is 0.326 e. The van der Waals surface area contributed by atoms with E-state index in [1.165, 1.54) is 10.9 Å². The van der Waals surface area contributed by atoms with Crippen molar-refractivity contribution < 1.29 is 31.1 Å². The second-order valence-corrected chi connectivity index (χ2v) is 7.45. The number of carbonyl (C=O) groups excluding carboxylic acids is 1. The molecule has 2 heterocycles. The van der Waals surface area contributed by atoms with Crippen LogP contribution in [0.25, 0.3) is 11.3 Å². The van der Waals surface area contributed by atoms with E-state index in [0.717, 1.165) is 24.3 Å². The lowest BCUT2D eigenvalue weighted by molar-refractivity contribution is -0.140. The maximum absolute atomic E-state index is 14.7. The molecule has 0 radical (unpaired) electrons. The standard InChI is InChI=1S/C22H16F6N6O/c23-16-10-14(30-19(35)9-13-3-1-4-15(21(13)25)22(26,27)28)11-17(24)20(16)18-12-34(32-31-18)8-7-33-6-2-5-29-33/h1-6,10-12H,7-9H2,(H,30,35). The van der Waals surface area contributed by atoms with E-state index >= 15 is 0 Å². The van der Waals surface area contributed by atoms with Gasteiger partial charge >= 0.3 is 6.18 Å². The van der Waals surface area contributed by atoms with Crippen molar-refractivity contribution in [3.63, 3.8) is 0 Å². The molecule has 1 N–H and O–H groups in total. The zero-order valence-electron chi connectivity index (χ0n) is 17.7. The summed E-state index contributed by atoms with van der Waals surface area (Å²) in [5, 5.41) is 13.8. The molecule has 4 aromatic rings. The molecule has 0 spiro atoms. The van der Waals surface area contributed by atoms with Gasteiger partial charge in [-0.15, -0.1) is 5.10 Å². The Hall–Kier alpha value is -4.16. The van der Waals surface area contributed by atoms with Crippen LogP contribution in [-0.4, -0.2) is 30.7 Å². The van der Waals surface area contributed by atoms with Gasteiger partial charge in [-0.2, -0.15) is 18.3 Å². The van der Waals surface area contributed by atoms with Crippen molar-refractivity contribution >= 4 is 11.6 Å². The number of anilines is 1. The highest BCUT2D eigenvalue weighted by molar-refractivity contribution is 5.92. The van der Waals surface area contributed by atoms with Gasteiger partial charge in [0.2, 0.25) is 5.91 Å². The van der Waals surface area contributed by atoms with Crippen molar-refractivity contribution in [3.8, 4) is 11.3 Å². The molecule has 0 saturated carbocycles. The van der Waals surface area contributed by atoms with E-state index in [-0.39, 0.29) is 11.4 Å². The first kappa shape index (κ1) is 24.0. The van der Waals surface area contributed by atoms with E-state index in [1.807, 2.05) is 0 Å². The van der Waals surface area contributed by atoms with Crippen molar-refractivity contribution in [2.75, 3.05) is 5.32 Å². The van der Waals surface area contributed by atoms with E-state index in [1.54, 1.807) is 23.1 Å². The average molecular weight is 494 g/mol. The maximum atomic E-state index is 14.7. The number of rotatable bonds is 7. The molecular weight excluding hydrogens is 478 g/mol. The van der Waals surface area contributed by atoms with E-state index in [4.69, 9.17) is 0 Å². The number of aryl methyl sites for hydroxylation is 2. The molecule has 0 atom stereocenters. The zero-order valence-corrected chi connectivity index (χ0v) is 17.7. The molecule has 0 bridgehead atoms. The number of nitrogens with zero attached hydrogens (tertiary/aromatic N) is 5. The summed E-state index contributed by atoms with van der Waals surface area (Å²) in [5.74, 6) is -4.65. The summed E-state index contributed by atoms with van der Waals surface area (Å²) in [6.45, 7) is 0.802. The van der Waals surface area contributed by atoms with Gasteiger partial charge in [0.05, 0.1) is 36.8 Å². The minimum atomic E-state index is -4.93. The van der Waals surface area contributed by atoms with Crippen LogP contribution in [0.1, 0.15) is 11.1 Å². The first-order valence-electron chi connectivity index (χ1n) is 10.1. The molecule has 13 heteroatoms. The number of hydrogen-bond donors (Lipinski definition) is 1. The van der Waals surface area contributed by atoms with Crippen LogP contribution < -0.4 is 5.32 Å². The van der Waals surface area contributed by atoms with E-state index in [9.17, 15) is 31.1 Å². The van der Waals surface area contributed by atoms with E-state index in [0.29, 0.717) is 19.2 Å². The second kappa shape index (κ2) is 9.60. The molecule has 35 heavy (non-hydrogen) atoms. The summed E-state index contributed by atoms with van der Waals surface area (Å²) in [5.41, 5.74) is -2.88. The summed E-state index contributed by atoms with van der Waals surface area (Å²) in [4.78, 5) is 12.2. The van der Waals surface area contributed by atoms with E-state index < -0.39 is 52.6 Å². The highest BCUT2D eigenvalue weighted by atomic mass is 19.4. The van der Waals surface area contributed by atoms with Crippen LogP contribution in [0, 0.1) is 17.5 Å². The Morgan fingerprint density at radius 3 is 2.37 bits per heavy atom. The normalized spacial score (nSPS) is 11.6. The monoisotopic (exact) mass is 494 g/mol. The van der Waals surface area contributed by atoms with E-state index in [2.05, 4.69) is 20.7 Å². The Labute approximate surface area is 194 Å². The molecule has 0 unspecified atom stereocenters. The van der Waals surface area contributed by atoms with Gasteiger partial charge in [0.1, 0.15) is 23.1 Å². The fourth-order valence-electron chi connectivity index (χ4n) is 3.36. The molecule has 0 fully saturated rings. The first-order chi connectivity index (χ1) is 16.6. The van der Waals surface area contributed by atoms with Crippen molar-refractivity contribution in [2.24, 2.45) is 0 Å². The van der Waals surface area contributed by atoms with Crippen LogP contribution in [0.3, 0.4) is 0 Å². The van der Waals surface area contributed by atoms with Gasteiger partial charge in [0.15, 0.2) is 0 Å². The molecule has 2 aromatic heterocycles. The number of amides is 1. The van der Waals surface area contributed by atoms with Crippen molar-refractivity contribution in [1.29, 1.82) is 0 Å². The molecular formula is C22H16F6N6O. The third-order valence-electron chi connectivity index (χ3n) is 4.97. The largest absolute Gasteiger partial charge is 0.419 e. The van der Waals surface area contributed by atoms with Crippen molar-refractivity contribution in [3.05, 3.63) is 83.6 Å². The van der Waals surface area contributed by atoms with Crippen LogP contribution in [0.15, 0.2) is 55.0 Å². The molecule has 0 saturated heterocycles. The lowest BCUT2D eigenvalue weighted by Crippen LogP contribution is -2.17. The van der Waals surface area contributed by atoms with Crippen LogP contribution in [0.5, 0.6) is 0 Å². The number of hydrogen-bond acceptors (Lipinski definition) is 4. The van der Waals surface area contributed by atoms with Crippen LogP contribution in [-0.2, 0) is 30.5 Å². The average Bonchev–Trinajstić information content (AvgIpc) is 3.44. The minimum Gasteiger partial charge on any atom is -0.326 e. The Kier molecular flexibility index (Phi) is 6.58. The van der Waals surface area contributed by atoms with Gasteiger partial charge in [-0.05, 0) is 29.8 Å². The third-order valence-corrected chi connectivity index (χ3v) is 4.97. The van der Waals surface area contributed by atoms with Crippen LogP contribution >= 0.6 is 0 Å². The fourth-order valence-corrected chi connectivity index (χ4v) is 3.36. The number of aromatic nitrogens is 5. The number of carbonyl (C=O) groups is 1. The fraction of sp³-hybridized carbons (Fsp3) is 0.182. The topological polar surface area (TPSA) is 77.6 Å². The minimum absolute atomic E-state index is 0.0793. The molecule has 0 aliphatic heterocycles. The van der Waals surface area contributed by atoms with Gasteiger partial charge in [0.25, 0.3) is 0 Å². The summed E-state index contributed by atoms with van der Waals surface area (Å²) in [6, 6.07) is 5.92. The third kappa shape index (κ3) is 5.50. The highest BCUT2D eigenvalue weighted by Crippen LogP contribution is 2.33. The number of alkyl halides is 3. The first-order valence-corrected chi connectivity index (χ1v) is 10.1. The SMILES string of the molecule is O=C(Cc1cccc(C(F)(F)F)c1F)Nc1cc(F)c(-c2cn(CCn3cccn3)nn2)c(F)c1. The molecule has 4 rings (SSSR count). The van der Waals surface area contributed by atoms with Crippen LogP contribution in [0.4, 0.5) is 32.0 Å². The highest BCUT2D eigenvalue weighted by Gasteiger charge is 2.35. The van der Waals surface area contributed by atoms with Crippen molar-refractivity contribution in [1.82, 2.24) is 24.8 Å². The van der Waals surface area contributed by atoms with Gasteiger partial charge in [0, 0.05) is 18.1 Å². The summed E-state index contributed by atoms with van der Waals surface area (Å²) < 4.78 is 85.1. The summed E-state index contributed by atoms with van der Waals surface area (Å²) >= 11 is 0. The zero-order chi connectivity index (χ0) is 25.2. The molecule has 182 valence electrons. The molecule has 0 aliphatic rings. The summed E-state index contributed by atoms with van der Waals surface area (Å²) in [7, 11) is 0. The molecule has 1 amide bonds. The van der Waals surface area contributed by atoms with Crippen molar-refractivity contribution in [2.45, 2.75) is 25.7 Å². The Balaban J connectivity index is 1.46. The van der Waals surface area contributed by atoms with Gasteiger partial charge < -0.3 is 5.32 Å². The van der Waals surface area contributed by atoms with Gasteiger partial charge in [-0.1, -0.05) is 17.3 Å². The summed E-state index contributed by atoms with van der Waals surface area (Å²) in [6.07, 6.45) is -1.01. The second-order valence-electron chi connectivity index (χ2n) is 7.45. The number of benzene rings is 2. The van der Waals surface area contributed by atoms with Gasteiger partial charge in [-0.25, -0.2) is 13.2 Å². The lowest BCUT2D eigenvalue weighted by Gasteiger charge is -2.12. The number of halogens is 6. The molecule has 0 aliphatic carbocycles. The predicted molar refractivity (Wildman–Crippen MR) is 111 cm³/mol. The Morgan fingerprint density at radius 2 is 1.71 bits per heavy atom. The molecule has 2 aromatic carbocycles. The maximum Gasteiger partial charge on any atom is 0.419 e. The number of nitrogens with one attached hydrogen (secondary N) is 1. The lowest BCUT2D eigenvalue weighted by atomic mass is 10.1.